The average molecular weight is 336 g/mol. The lowest BCUT2D eigenvalue weighted by atomic mass is 10.2. The van der Waals surface area contributed by atoms with E-state index in [0.717, 1.165) is 12.8 Å². The van der Waals surface area contributed by atoms with Crippen LogP contribution >= 0.6 is 0 Å². The van der Waals surface area contributed by atoms with Gasteiger partial charge in [-0.1, -0.05) is 0 Å². The molecule has 0 spiro atoms. The standard InChI is InChI=1S/C17H24N2O5/c1-12(20)19(10-14-5-4-8-24-14)11-17(21)18-15-7-6-13(22-2)9-16(15)23-3/h6-7,9,14H,4-5,8,10-11H2,1-3H3,(H,18,21). The molecule has 1 atom stereocenters. The maximum absolute atomic E-state index is 12.3. The van der Waals surface area contributed by atoms with Crippen LogP contribution in [0.15, 0.2) is 18.2 Å². The van der Waals surface area contributed by atoms with Gasteiger partial charge < -0.3 is 24.4 Å². The van der Waals surface area contributed by atoms with E-state index in [4.69, 9.17) is 14.2 Å². The van der Waals surface area contributed by atoms with Crippen LogP contribution in [0.2, 0.25) is 0 Å². The van der Waals surface area contributed by atoms with Crippen molar-refractivity contribution in [3.8, 4) is 11.5 Å². The van der Waals surface area contributed by atoms with E-state index < -0.39 is 0 Å². The fourth-order valence-corrected chi connectivity index (χ4v) is 2.60. The number of carbonyl (C=O) groups excluding carboxylic acids is 2. The van der Waals surface area contributed by atoms with Crippen molar-refractivity contribution < 1.29 is 23.8 Å². The van der Waals surface area contributed by atoms with E-state index in [-0.39, 0.29) is 24.5 Å². The minimum absolute atomic E-state index is 0.0113. The van der Waals surface area contributed by atoms with Gasteiger partial charge >= 0.3 is 0 Å². The first kappa shape index (κ1) is 18.1. The highest BCUT2D eigenvalue weighted by atomic mass is 16.5. The molecule has 0 aromatic heterocycles. The number of carbonyl (C=O) groups is 2. The van der Waals surface area contributed by atoms with Crippen LogP contribution in [-0.2, 0) is 14.3 Å². The normalized spacial score (nSPS) is 16.5. The summed E-state index contributed by atoms with van der Waals surface area (Å²) in [5.74, 6) is 0.693. The Hall–Kier alpha value is -2.28. The Morgan fingerprint density at radius 3 is 2.71 bits per heavy atom. The lowest BCUT2D eigenvalue weighted by Crippen LogP contribution is -2.41. The van der Waals surface area contributed by atoms with E-state index in [9.17, 15) is 9.59 Å². The minimum Gasteiger partial charge on any atom is -0.497 e. The van der Waals surface area contributed by atoms with Crippen LogP contribution in [0.25, 0.3) is 0 Å². The molecule has 132 valence electrons. The zero-order valence-electron chi connectivity index (χ0n) is 14.3. The number of methoxy groups -OCH3 is 2. The van der Waals surface area contributed by atoms with Crippen LogP contribution in [-0.4, -0.2) is 56.7 Å². The Morgan fingerprint density at radius 2 is 2.12 bits per heavy atom. The molecule has 1 N–H and O–H groups in total. The van der Waals surface area contributed by atoms with Crippen LogP contribution in [0.3, 0.4) is 0 Å². The zero-order chi connectivity index (χ0) is 17.5. The van der Waals surface area contributed by atoms with Gasteiger partial charge in [0.15, 0.2) is 0 Å². The molecule has 7 heteroatoms. The van der Waals surface area contributed by atoms with Gasteiger partial charge in [-0.2, -0.15) is 0 Å². The summed E-state index contributed by atoms with van der Waals surface area (Å²) < 4.78 is 15.9. The van der Waals surface area contributed by atoms with E-state index in [1.54, 1.807) is 25.3 Å². The predicted molar refractivity (Wildman–Crippen MR) is 89.4 cm³/mol. The molecule has 1 unspecified atom stereocenters. The fourth-order valence-electron chi connectivity index (χ4n) is 2.60. The quantitative estimate of drug-likeness (QED) is 0.819. The number of hydrogen-bond acceptors (Lipinski definition) is 5. The number of hydrogen-bond donors (Lipinski definition) is 1. The van der Waals surface area contributed by atoms with Gasteiger partial charge in [-0.25, -0.2) is 0 Å². The molecule has 1 fully saturated rings. The van der Waals surface area contributed by atoms with Crippen molar-refractivity contribution in [2.45, 2.75) is 25.9 Å². The van der Waals surface area contributed by atoms with Gasteiger partial charge in [0, 0.05) is 26.1 Å². The summed E-state index contributed by atoms with van der Waals surface area (Å²) in [6.07, 6.45) is 1.92. The van der Waals surface area contributed by atoms with Gasteiger partial charge in [0.1, 0.15) is 11.5 Å². The maximum Gasteiger partial charge on any atom is 0.244 e. The topological polar surface area (TPSA) is 77.1 Å². The van der Waals surface area contributed by atoms with Crippen molar-refractivity contribution in [2.75, 3.05) is 39.2 Å². The van der Waals surface area contributed by atoms with Crippen molar-refractivity contribution in [1.29, 1.82) is 0 Å². The summed E-state index contributed by atoms with van der Waals surface area (Å²) >= 11 is 0. The molecule has 0 aliphatic carbocycles. The first-order valence-corrected chi connectivity index (χ1v) is 7.92. The summed E-state index contributed by atoms with van der Waals surface area (Å²) in [5, 5.41) is 2.77. The summed E-state index contributed by atoms with van der Waals surface area (Å²) in [6.45, 7) is 2.58. The highest BCUT2D eigenvalue weighted by Crippen LogP contribution is 2.29. The van der Waals surface area contributed by atoms with E-state index in [0.29, 0.717) is 30.3 Å². The van der Waals surface area contributed by atoms with E-state index in [2.05, 4.69) is 5.32 Å². The number of benzene rings is 1. The molecule has 1 saturated heterocycles. The Morgan fingerprint density at radius 1 is 1.33 bits per heavy atom. The average Bonchev–Trinajstić information content (AvgIpc) is 3.07. The molecule has 24 heavy (non-hydrogen) atoms. The molecule has 0 bridgehead atoms. The molecular weight excluding hydrogens is 312 g/mol. The van der Waals surface area contributed by atoms with Crippen molar-refractivity contribution in [3.05, 3.63) is 18.2 Å². The van der Waals surface area contributed by atoms with Crippen LogP contribution in [0.5, 0.6) is 11.5 Å². The summed E-state index contributed by atoms with van der Waals surface area (Å²) in [5.41, 5.74) is 0.531. The summed E-state index contributed by atoms with van der Waals surface area (Å²) in [7, 11) is 3.08. The molecule has 1 aliphatic heterocycles. The third-order valence-electron chi connectivity index (χ3n) is 3.91. The summed E-state index contributed by atoms with van der Waals surface area (Å²) in [6, 6.07) is 5.12. The third-order valence-corrected chi connectivity index (χ3v) is 3.91. The lowest BCUT2D eigenvalue weighted by Gasteiger charge is -2.23. The molecule has 7 nitrogen and oxygen atoms in total. The van der Waals surface area contributed by atoms with Crippen LogP contribution in [0.4, 0.5) is 5.69 Å². The number of ether oxygens (including phenoxy) is 3. The van der Waals surface area contributed by atoms with Gasteiger partial charge in [0.25, 0.3) is 0 Å². The highest BCUT2D eigenvalue weighted by molar-refractivity contribution is 5.95. The zero-order valence-corrected chi connectivity index (χ0v) is 14.3. The Balaban J connectivity index is 1.98. The van der Waals surface area contributed by atoms with E-state index in [1.165, 1.54) is 18.9 Å². The molecule has 0 saturated carbocycles. The van der Waals surface area contributed by atoms with Crippen molar-refractivity contribution in [1.82, 2.24) is 4.90 Å². The Kier molecular flexibility index (Phi) is 6.43. The molecule has 1 aromatic rings. The number of anilines is 1. The van der Waals surface area contributed by atoms with Crippen molar-refractivity contribution in [2.24, 2.45) is 0 Å². The molecule has 1 aliphatic rings. The third kappa shape index (κ3) is 4.86. The SMILES string of the molecule is COc1ccc(NC(=O)CN(CC2CCCO2)C(C)=O)c(OC)c1. The largest absolute Gasteiger partial charge is 0.497 e. The van der Waals surface area contributed by atoms with Crippen LogP contribution in [0.1, 0.15) is 19.8 Å². The second-order valence-electron chi connectivity index (χ2n) is 5.65. The molecule has 1 heterocycles. The van der Waals surface area contributed by atoms with Gasteiger partial charge in [0.2, 0.25) is 11.8 Å². The maximum atomic E-state index is 12.3. The Labute approximate surface area is 141 Å². The molecule has 2 amide bonds. The number of nitrogens with one attached hydrogen (secondary N) is 1. The lowest BCUT2D eigenvalue weighted by molar-refractivity contribution is -0.134. The first-order valence-electron chi connectivity index (χ1n) is 7.92. The first-order chi connectivity index (χ1) is 11.5. The minimum atomic E-state index is -0.285. The van der Waals surface area contributed by atoms with Gasteiger partial charge in [-0.15, -0.1) is 0 Å². The second-order valence-corrected chi connectivity index (χ2v) is 5.65. The van der Waals surface area contributed by atoms with Gasteiger partial charge in [0.05, 0.1) is 32.6 Å². The molecule has 2 rings (SSSR count). The number of rotatable bonds is 7. The smallest absolute Gasteiger partial charge is 0.244 e. The fraction of sp³-hybridized carbons (Fsp3) is 0.529. The number of nitrogens with zero attached hydrogens (tertiary/aromatic N) is 1. The van der Waals surface area contributed by atoms with Crippen LogP contribution in [0, 0.1) is 0 Å². The van der Waals surface area contributed by atoms with Crippen LogP contribution < -0.4 is 14.8 Å². The van der Waals surface area contributed by atoms with Crippen molar-refractivity contribution in [3.63, 3.8) is 0 Å². The van der Waals surface area contributed by atoms with Gasteiger partial charge in [-0.05, 0) is 25.0 Å². The van der Waals surface area contributed by atoms with E-state index in [1.807, 2.05) is 0 Å². The monoisotopic (exact) mass is 336 g/mol. The van der Waals surface area contributed by atoms with Crippen molar-refractivity contribution >= 4 is 17.5 Å². The second kappa shape index (κ2) is 8.54. The number of amides is 2. The predicted octanol–water partition coefficient (Wildman–Crippen LogP) is 1.67. The van der Waals surface area contributed by atoms with E-state index >= 15 is 0 Å². The van der Waals surface area contributed by atoms with Gasteiger partial charge in [-0.3, -0.25) is 9.59 Å². The Bertz CT molecular complexity index is 584. The highest BCUT2D eigenvalue weighted by Gasteiger charge is 2.22. The molecular formula is C17H24N2O5. The molecule has 1 aromatic carbocycles. The molecule has 0 radical (unpaired) electrons. The summed E-state index contributed by atoms with van der Waals surface area (Å²) in [4.78, 5) is 25.6.